The van der Waals surface area contributed by atoms with Crippen LogP contribution < -0.4 is 10.6 Å². The Labute approximate surface area is 178 Å². The monoisotopic (exact) mass is 421 g/mol. The highest BCUT2D eigenvalue weighted by Crippen LogP contribution is 2.27. The molecule has 31 heavy (non-hydrogen) atoms. The average Bonchev–Trinajstić information content (AvgIpc) is 3.16. The number of hydrogen-bond acceptors (Lipinski definition) is 3. The molecule has 8 heteroatoms. The van der Waals surface area contributed by atoms with Gasteiger partial charge >= 0.3 is 6.03 Å². The maximum Gasteiger partial charge on any atom is 0.319 e. The zero-order valence-corrected chi connectivity index (χ0v) is 17.1. The van der Waals surface area contributed by atoms with Crippen molar-refractivity contribution in [2.24, 2.45) is 0 Å². The molecule has 0 radical (unpaired) electrons. The van der Waals surface area contributed by atoms with Gasteiger partial charge in [-0.15, -0.1) is 0 Å². The molecule has 6 nitrogen and oxygen atoms in total. The highest BCUT2D eigenvalue weighted by atomic mass is 19.3. The van der Waals surface area contributed by atoms with E-state index in [1.807, 2.05) is 47.9 Å². The van der Waals surface area contributed by atoms with E-state index in [-0.39, 0.29) is 0 Å². The number of hydrogen-bond donors (Lipinski definition) is 2. The van der Waals surface area contributed by atoms with Crippen molar-refractivity contribution in [3.63, 3.8) is 0 Å². The van der Waals surface area contributed by atoms with Crippen LogP contribution in [0.3, 0.4) is 0 Å². The second-order valence-corrected chi connectivity index (χ2v) is 7.41. The van der Waals surface area contributed by atoms with Gasteiger partial charge in [-0.3, -0.25) is 9.38 Å². The van der Waals surface area contributed by atoms with Crippen LogP contribution in [0.25, 0.3) is 28.2 Å². The van der Waals surface area contributed by atoms with Crippen molar-refractivity contribution in [1.29, 1.82) is 0 Å². The van der Waals surface area contributed by atoms with Crippen LogP contribution in [0.5, 0.6) is 0 Å². The Morgan fingerprint density at radius 3 is 2.71 bits per heavy atom. The Kier molecular flexibility index (Phi) is 5.37. The van der Waals surface area contributed by atoms with E-state index in [0.717, 1.165) is 40.6 Å². The van der Waals surface area contributed by atoms with Crippen molar-refractivity contribution >= 4 is 17.4 Å². The zero-order valence-electron chi connectivity index (χ0n) is 17.1. The number of aromatic nitrogens is 3. The van der Waals surface area contributed by atoms with Gasteiger partial charge in [-0.1, -0.05) is 18.2 Å². The van der Waals surface area contributed by atoms with Crippen molar-refractivity contribution in [3.05, 3.63) is 72.7 Å². The number of urea groups is 1. The number of carbonyl (C=O) groups is 1. The molecule has 0 saturated carbocycles. The third-order valence-electron chi connectivity index (χ3n) is 4.77. The second-order valence-electron chi connectivity index (χ2n) is 7.41. The van der Waals surface area contributed by atoms with E-state index in [1.165, 1.54) is 0 Å². The van der Waals surface area contributed by atoms with Crippen LogP contribution in [0.2, 0.25) is 0 Å². The molecule has 0 unspecified atom stereocenters. The number of nitrogens with one attached hydrogen (secondary N) is 2. The lowest BCUT2D eigenvalue weighted by atomic mass is 10.1. The Morgan fingerprint density at radius 1 is 1.10 bits per heavy atom. The fourth-order valence-electron chi connectivity index (χ4n) is 3.30. The van der Waals surface area contributed by atoms with Crippen LogP contribution in [-0.2, 0) is 0 Å². The maximum atomic E-state index is 12.9. The molecule has 3 aromatic heterocycles. The first-order valence-electron chi connectivity index (χ1n) is 9.72. The summed E-state index contributed by atoms with van der Waals surface area (Å²) >= 11 is 0. The minimum Gasteiger partial charge on any atom is -0.332 e. The van der Waals surface area contributed by atoms with Gasteiger partial charge in [-0.2, -0.15) is 0 Å². The first-order valence-corrected chi connectivity index (χ1v) is 9.72. The average molecular weight is 421 g/mol. The van der Waals surface area contributed by atoms with Crippen molar-refractivity contribution < 1.29 is 13.6 Å². The number of benzene rings is 1. The molecular formula is C23H21F2N5O. The third kappa shape index (κ3) is 4.69. The Bertz CT molecular complexity index is 1250. The normalized spacial score (nSPS) is 11.5. The number of amides is 2. The number of nitrogens with zero attached hydrogens (tertiary/aromatic N) is 3. The number of alkyl halides is 2. The minimum atomic E-state index is -2.97. The molecule has 4 rings (SSSR count). The number of pyridine rings is 2. The number of aryl methyl sites for hydroxylation is 1. The van der Waals surface area contributed by atoms with Gasteiger partial charge in [0.2, 0.25) is 0 Å². The lowest BCUT2D eigenvalue weighted by Crippen LogP contribution is -2.37. The van der Waals surface area contributed by atoms with Crippen LogP contribution in [0.1, 0.15) is 12.5 Å². The smallest absolute Gasteiger partial charge is 0.319 e. The molecule has 0 aliphatic heterocycles. The van der Waals surface area contributed by atoms with E-state index in [1.54, 1.807) is 30.6 Å². The topological polar surface area (TPSA) is 71.3 Å². The van der Waals surface area contributed by atoms with Gasteiger partial charge in [0.05, 0.1) is 24.1 Å². The Hall–Kier alpha value is -3.81. The lowest BCUT2D eigenvalue weighted by molar-refractivity contribution is 0.0257. The molecule has 0 atom stereocenters. The second kappa shape index (κ2) is 8.14. The largest absolute Gasteiger partial charge is 0.332 e. The summed E-state index contributed by atoms with van der Waals surface area (Å²) in [5, 5.41) is 4.74. The van der Waals surface area contributed by atoms with Gasteiger partial charge in [0.15, 0.2) is 0 Å². The first kappa shape index (κ1) is 20.5. The van der Waals surface area contributed by atoms with E-state index in [2.05, 4.69) is 20.6 Å². The predicted molar refractivity (Wildman–Crippen MR) is 116 cm³/mol. The Balaban J connectivity index is 1.59. The number of carbonyl (C=O) groups excluding carboxylic acids is 1. The standard InChI is InChI=1S/C23H21F2N5O/c1-15-5-4-9-26-21(15)17-8-10-30-19(13-27-20(30)12-17)16-6-3-7-18(11-16)29-22(31)28-14-23(2,24)25/h3-13H,14H2,1-2H3,(H2,28,29,31). The van der Waals surface area contributed by atoms with Crippen molar-refractivity contribution in [3.8, 4) is 22.5 Å². The van der Waals surface area contributed by atoms with Crippen molar-refractivity contribution in [2.75, 3.05) is 11.9 Å². The molecule has 4 aromatic rings. The van der Waals surface area contributed by atoms with Crippen LogP contribution in [0.15, 0.2) is 67.1 Å². The molecule has 0 aliphatic carbocycles. The number of rotatable bonds is 5. The van der Waals surface area contributed by atoms with Gasteiger partial charge in [0.25, 0.3) is 5.92 Å². The maximum absolute atomic E-state index is 12.9. The fraction of sp³-hybridized carbons (Fsp3) is 0.174. The van der Waals surface area contributed by atoms with Gasteiger partial charge in [0.1, 0.15) is 5.65 Å². The molecule has 3 heterocycles. The highest BCUT2D eigenvalue weighted by Gasteiger charge is 2.21. The zero-order chi connectivity index (χ0) is 22.0. The number of halogens is 2. The van der Waals surface area contributed by atoms with E-state index >= 15 is 0 Å². The molecule has 1 aromatic carbocycles. The molecule has 0 saturated heterocycles. The van der Waals surface area contributed by atoms with Crippen LogP contribution in [0, 0.1) is 6.92 Å². The fourth-order valence-corrected chi connectivity index (χ4v) is 3.30. The van der Waals surface area contributed by atoms with E-state index in [0.29, 0.717) is 5.69 Å². The summed E-state index contributed by atoms with van der Waals surface area (Å²) in [7, 11) is 0. The van der Waals surface area contributed by atoms with Gasteiger partial charge in [-0.05, 0) is 42.8 Å². The van der Waals surface area contributed by atoms with Gasteiger partial charge in [-0.25, -0.2) is 18.6 Å². The SMILES string of the molecule is Cc1cccnc1-c1ccn2c(-c3cccc(NC(=O)NCC(C)(F)F)c3)cnc2c1. The summed E-state index contributed by atoms with van der Waals surface area (Å²) in [6, 6.07) is 14.3. The summed E-state index contributed by atoms with van der Waals surface area (Å²) < 4.78 is 27.8. The quantitative estimate of drug-likeness (QED) is 0.468. The summed E-state index contributed by atoms with van der Waals surface area (Å²) in [6.45, 7) is 2.03. The Morgan fingerprint density at radius 2 is 1.94 bits per heavy atom. The molecule has 0 bridgehead atoms. The lowest BCUT2D eigenvalue weighted by Gasteiger charge is -2.12. The summed E-state index contributed by atoms with van der Waals surface area (Å²) in [5.74, 6) is -2.97. The van der Waals surface area contributed by atoms with Crippen molar-refractivity contribution in [1.82, 2.24) is 19.7 Å². The molecule has 2 N–H and O–H groups in total. The number of fused-ring (bicyclic) bond motifs is 1. The van der Waals surface area contributed by atoms with Crippen molar-refractivity contribution in [2.45, 2.75) is 19.8 Å². The van der Waals surface area contributed by atoms with Crippen LogP contribution in [-0.4, -0.2) is 32.9 Å². The van der Waals surface area contributed by atoms with Gasteiger partial charge in [0, 0.05) is 36.1 Å². The first-order chi connectivity index (χ1) is 14.8. The third-order valence-corrected chi connectivity index (χ3v) is 4.77. The van der Waals surface area contributed by atoms with Crippen LogP contribution >= 0.6 is 0 Å². The van der Waals surface area contributed by atoms with E-state index in [9.17, 15) is 13.6 Å². The predicted octanol–water partition coefficient (Wildman–Crippen LogP) is 5.15. The summed E-state index contributed by atoms with van der Waals surface area (Å²) in [4.78, 5) is 20.9. The summed E-state index contributed by atoms with van der Waals surface area (Å²) in [6.07, 6.45) is 5.44. The number of imidazole rings is 1. The number of anilines is 1. The molecule has 2 amide bonds. The molecule has 0 spiro atoms. The van der Waals surface area contributed by atoms with Crippen LogP contribution in [0.4, 0.5) is 19.3 Å². The van der Waals surface area contributed by atoms with E-state index < -0.39 is 18.5 Å². The molecule has 158 valence electrons. The highest BCUT2D eigenvalue weighted by molar-refractivity contribution is 5.90. The minimum absolute atomic E-state index is 0.491. The summed E-state index contributed by atoms with van der Waals surface area (Å²) in [5.41, 5.74) is 5.88. The van der Waals surface area contributed by atoms with Gasteiger partial charge < -0.3 is 10.6 Å². The molecule has 0 aliphatic rings. The molecule has 0 fully saturated rings. The molecular weight excluding hydrogens is 400 g/mol. The van der Waals surface area contributed by atoms with E-state index in [4.69, 9.17) is 0 Å².